The normalized spacial score (nSPS) is 16.4. The quantitative estimate of drug-likeness (QED) is 0.369. The zero-order chi connectivity index (χ0) is 17.0. The maximum atomic E-state index is 12.2. The molecule has 0 unspecified atom stereocenters. The van der Waals surface area contributed by atoms with Crippen molar-refractivity contribution in [1.29, 1.82) is 0 Å². The number of aromatic hydroxyl groups is 1. The topological polar surface area (TPSA) is 101 Å². The van der Waals surface area contributed by atoms with Crippen LogP contribution in [0.15, 0.2) is 23.1 Å². The molecule has 1 fully saturated rings. The minimum atomic E-state index is -0.705. The summed E-state index contributed by atoms with van der Waals surface area (Å²) in [5, 5.41) is 19.9. The Morgan fingerprint density at radius 3 is 2.74 bits per heavy atom. The molecule has 2 amide bonds. The fourth-order valence-corrected chi connectivity index (χ4v) is 3.01. The third-order valence-corrected chi connectivity index (χ3v) is 4.26. The second-order valence-corrected chi connectivity index (χ2v) is 6.04. The number of carbonyl (C=O) groups excluding carboxylic acids is 2. The maximum absolute atomic E-state index is 12.2. The molecular weight excluding hydrogens is 320 g/mol. The number of rotatable bonds is 6. The molecule has 0 aromatic heterocycles. The van der Waals surface area contributed by atoms with Crippen LogP contribution in [-0.2, 0) is 4.79 Å². The average Bonchev–Trinajstić information content (AvgIpc) is 2.76. The second-order valence-electron chi connectivity index (χ2n) is 5.05. The number of nitro groups is 1. The first-order valence-corrected chi connectivity index (χ1v) is 7.98. The summed E-state index contributed by atoms with van der Waals surface area (Å²) >= 11 is 0.819. The number of unbranched alkanes of at least 4 members (excludes halogenated alkanes) is 2. The van der Waals surface area contributed by atoms with Crippen molar-refractivity contribution in [3.8, 4) is 5.75 Å². The van der Waals surface area contributed by atoms with E-state index in [1.807, 2.05) is 6.92 Å². The number of nitro benzene ring substituents is 1. The molecule has 1 aliphatic heterocycles. The summed E-state index contributed by atoms with van der Waals surface area (Å²) in [6.07, 6.45) is 4.11. The number of nitrogens with zero attached hydrogens (tertiary/aromatic N) is 2. The SMILES string of the molecule is CCCCCN1C(=O)S/C(=C\c2ccc(O)c([N+](=O)[O-])c2)C1=O. The van der Waals surface area contributed by atoms with Crippen molar-refractivity contribution < 1.29 is 19.6 Å². The number of phenolic OH excluding ortho intramolecular Hbond substituents is 1. The van der Waals surface area contributed by atoms with E-state index in [-0.39, 0.29) is 16.1 Å². The van der Waals surface area contributed by atoms with Crippen molar-refractivity contribution in [2.45, 2.75) is 26.2 Å². The van der Waals surface area contributed by atoms with Gasteiger partial charge >= 0.3 is 5.69 Å². The number of carbonyl (C=O) groups is 2. The van der Waals surface area contributed by atoms with Crippen LogP contribution < -0.4 is 0 Å². The summed E-state index contributed by atoms with van der Waals surface area (Å²) in [6.45, 7) is 2.41. The van der Waals surface area contributed by atoms with Crippen LogP contribution in [0.1, 0.15) is 31.7 Å². The van der Waals surface area contributed by atoms with E-state index in [0.717, 1.165) is 31.0 Å². The Balaban J connectivity index is 2.20. The van der Waals surface area contributed by atoms with E-state index in [4.69, 9.17) is 0 Å². The standard InChI is InChI=1S/C15H16N2O5S/c1-2-3-4-7-16-14(19)13(23-15(16)20)9-10-5-6-12(18)11(8-10)17(21)22/h5-6,8-9,18H,2-4,7H2,1H3/b13-9-. The summed E-state index contributed by atoms with van der Waals surface area (Å²) in [7, 11) is 0. The third kappa shape index (κ3) is 3.89. The van der Waals surface area contributed by atoms with Gasteiger partial charge in [-0.05, 0) is 35.9 Å². The van der Waals surface area contributed by atoms with Gasteiger partial charge in [-0.3, -0.25) is 24.6 Å². The Hall–Kier alpha value is -2.35. The molecule has 122 valence electrons. The number of hydrogen-bond acceptors (Lipinski definition) is 6. The van der Waals surface area contributed by atoms with Crippen molar-refractivity contribution in [2.75, 3.05) is 6.54 Å². The molecule has 0 aliphatic carbocycles. The monoisotopic (exact) mass is 336 g/mol. The molecule has 1 N–H and O–H groups in total. The lowest BCUT2D eigenvalue weighted by atomic mass is 10.1. The summed E-state index contributed by atoms with van der Waals surface area (Å²) in [5.41, 5.74) is -0.0607. The molecule has 2 rings (SSSR count). The van der Waals surface area contributed by atoms with Gasteiger partial charge in [0.25, 0.3) is 11.1 Å². The first kappa shape index (κ1) is 17.0. The predicted octanol–water partition coefficient (Wildman–Crippen LogP) is 3.53. The summed E-state index contributed by atoms with van der Waals surface area (Å²) in [4.78, 5) is 35.7. The first-order chi connectivity index (χ1) is 10.9. The first-order valence-electron chi connectivity index (χ1n) is 7.16. The van der Waals surface area contributed by atoms with Crippen LogP contribution in [-0.4, -0.2) is 32.6 Å². The van der Waals surface area contributed by atoms with E-state index in [2.05, 4.69) is 0 Å². The van der Waals surface area contributed by atoms with E-state index in [1.54, 1.807) is 0 Å². The summed E-state index contributed by atoms with van der Waals surface area (Å²) in [5.74, 6) is -0.827. The minimum absolute atomic E-state index is 0.228. The zero-order valence-electron chi connectivity index (χ0n) is 12.5. The Bertz CT molecular complexity index is 686. The number of thioether (sulfide) groups is 1. The van der Waals surface area contributed by atoms with Crippen LogP contribution in [0, 0.1) is 10.1 Å². The van der Waals surface area contributed by atoms with Gasteiger partial charge in [-0.25, -0.2) is 0 Å². The zero-order valence-corrected chi connectivity index (χ0v) is 13.3. The van der Waals surface area contributed by atoms with Crippen LogP contribution >= 0.6 is 11.8 Å². The van der Waals surface area contributed by atoms with Crippen molar-refractivity contribution in [2.24, 2.45) is 0 Å². The van der Waals surface area contributed by atoms with Gasteiger partial charge in [-0.15, -0.1) is 0 Å². The molecule has 0 atom stereocenters. The number of benzene rings is 1. The molecule has 0 spiro atoms. The molecule has 8 heteroatoms. The molecular formula is C15H16N2O5S. The fraction of sp³-hybridized carbons (Fsp3) is 0.333. The average molecular weight is 336 g/mol. The molecule has 0 radical (unpaired) electrons. The van der Waals surface area contributed by atoms with Crippen LogP contribution in [0.25, 0.3) is 6.08 Å². The van der Waals surface area contributed by atoms with Gasteiger partial charge in [-0.2, -0.15) is 0 Å². The van der Waals surface area contributed by atoms with Gasteiger partial charge in [0.1, 0.15) is 0 Å². The van der Waals surface area contributed by atoms with Crippen LogP contribution in [0.4, 0.5) is 10.5 Å². The number of hydrogen-bond donors (Lipinski definition) is 1. The van der Waals surface area contributed by atoms with Gasteiger partial charge in [0.2, 0.25) is 0 Å². The highest BCUT2D eigenvalue weighted by molar-refractivity contribution is 8.18. The van der Waals surface area contributed by atoms with Crippen LogP contribution in [0.5, 0.6) is 5.75 Å². The molecule has 7 nitrogen and oxygen atoms in total. The molecule has 1 saturated heterocycles. The fourth-order valence-electron chi connectivity index (χ4n) is 2.14. The molecule has 0 bridgehead atoms. The number of imide groups is 1. The van der Waals surface area contributed by atoms with Gasteiger partial charge in [-0.1, -0.05) is 25.8 Å². The Morgan fingerprint density at radius 2 is 2.09 bits per heavy atom. The van der Waals surface area contributed by atoms with E-state index in [9.17, 15) is 24.8 Å². The third-order valence-electron chi connectivity index (χ3n) is 3.35. The van der Waals surface area contributed by atoms with Gasteiger partial charge in [0, 0.05) is 12.6 Å². The van der Waals surface area contributed by atoms with Crippen molar-refractivity contribution in [3.05, 3.63) is 38.8 Å². The molecule has 1 aromatic rings. The van der Waals surface area contributed by atoms with Crippen molar-refractivity contribution >= 4 is 34.7 Å². The molecule has 0 saturated carbocycles. The molecule has 1 aromatic carbocycles. The van der Waals surface area contributed by atoms with Crippen molar-refractivity contribution in [1.82, 2.24) is 4.90 Å². The lowest BCUT2D eigenvalue weighted by Gasteiger charge is -2.11. The maximum Gasteiger partial charge on any atom is 0.311 e. The van der Waals surface area contributed by atoms with Crippen LogP contribution in [0.3, 0.4) is 0 Å². The predicted molar refractivity (Wildman–Crippen MR) is 87.0 cm³/mol. The number of amides is 2. The largest absolute Gasteiger partial charge is 0.502 e. The highest BCUT2D eigenvalue weighted by Crippen LogP contribution is 2.34. The smallest absolute Gasteiger partial charge is 0.311 e. The van der Waals surface area contributed by atoms with Crippen LogP contribution in [0.2, 0.25) is 0 Å². The summed E-state index contributed by atoms with van der Waals surface area (Å²) in [6, 6.07) is 3.81. The highest BCUT2D eigenvalue weighted by Gasteiger charge is 2.34. The van der Waals surface area contributed by atoms with E-state index in [0.29, 0.717) is 12.1 Å². The van der Waals surface area contributed by atoms with E-state index in [1.165, 1.54) is 29.2 Å². The molecule has 1 aliphatic rings. The summed E-state index contributed by atoms with van der Waals surface area (Å²) < 4.78 is 0. The van der Waals surface area contributed by atoms with Gasteiger partial charge < -0.3 is 5.11 Å². The molecule has 1 heterocycles. The second kappa shape index (κ2) is 7.28. The van der Waals surface area contributed by atoms with E-state index < -0.39 is 16.4 Å². The Labute approximate surface area is 137 Å². The lowest BCUT2D eigenvalue weighted by molar-refractivity contribution is -0.385. The van der Waals surface area contributed by atoms with Gasteiger partial charge in [0.05, 0.1) is 9.83 Å². The van der Waals surface area contributed by atoms with E-state index >= 15 is 0 Å². The minimum Gasteiger partial charge on any atom is -0.502 e. The number of phenols is 1. The van der Waals surface area contributed by atoms with Crippen molar-refractivity contribution in [3.63, 3.8) is 0 Å². The molecule has 23 heavy (non-hydrogen) atoms. The highest BCUT2D eigenvalue weighted by atomic mass is 32.2. The van der Waals surface area contributed by atoms with Gasteiger partial charge in [0.15, 0.2) is 5.75 Å². The Morgan fingerprint density at radius 1 is 1.35 bits per heavy atom. The Kier molecular flexibility index (Phi) is 5.38. The lowest BCUT2D eigenvalue weighted by Crippen LogP contribution is -2.29.